The molecule has 3 atom stereocenters. The predicted molar refractivity (Wildman–Crippen MR) is 89.2 cm³/mol. The van der Waals surface area contributed by atoms with E-state index in [1.54, 1.807) is 11.3 Å². The van der Waals surface area contributed by atoms with Crippen LogP contribution in [-0.2, 0) is 6.42 Å². The molecule has 2 aromatic rings. The van der Waals surface area contributed by atoms with Crippen molar-refractivity contribution in [1.82, 2.24) is 10.3 Å². The Balaban J connectivity index is 1.58. The summed E-state index contributed by atoms with van der Waals surface area (Å²) in [6.07, 6.45) is 3.64. The van der Waals surface area contributed by atoms with Crippen molar-refractivity contribution in [1.29, 1.82) is 0 Å². The van der Waals surface area contributed by atoms with Crippen molar-refractivity contribution < 1.29 is 9.53 Å². The Kier molecular flexibility index (Phi) is 2.84. The van der Waals surface area contributed by atoms with Gasteiger partial charge >= 0.3 is 6.03 Å². The molecule has 1 aromatic heterocycles. The number of benzene rings is 1. The molecule has 1 saturated carbocycles. The zero-order chi connectivity index (χ0) is 15.6. The number of hydrogen-bond acceptors (Lipinski definition) is 5. The molecule has 2 amide bonds. The lowest BCUT2D eigenvalue weighted by Gasteiger charge is -2.31. The largest absolute Gasteiger partial charge is 0.493 e. The summed E-state index contributed by atoms with van der Waals surface area (Å²) in [6, 6.07) is 4.49. The summed E-state index contributed by atoms with van der Waals surface area (Å²) >= 11 is 1.58. The Hall–Kier alpha value is -1.86. The highest BCUT2D eigenvalue weighted by molar-refractivity contribution is 7.22. The number of nitrogens with one attached hydrogen (secondary N) is 1. The number of carbonyl (C=O) groups excluding carboxylic acids is 1. The molecular formula is C16H18N4O2S. The average Bonchev–Trinajstić information content (AvgIpc) is 3.20. The molecule has 7 heteroatoms. The van der Waals surface area contributed by atoms with Gasteiger partial charge in [-0.3, -0.25) is 4.90 Å². The normalized spacial score (nSPS) is 29.3. The lowest BCUT2D eigenvalue weighted by atomic mass is 9.88. The predicted octanol–water partition coefficient (Wildman–Crippen LogP) is 2.01. The Labute approximate surface area is 137 Å². The van der Waals surface area contributed by atoms with Crippen LogP contribution in [0.25, 0.3) is 10.2 Å². The molecule has 0 bridgehead atoms. The fourth-order valence-electron chi connectivity index (χ4n) is 4.00. The molecule has 0 radical (unpaired) electrons. The second kappa shape index (κ2) is 4.82. The number of thiazole rings is 1. The van der Waals surface area contributed by atoms with Crippen molar-refractivity contribution in [2.75, 3.05) is 11.5 Å². The summed E-state index contributed by atoms with van der Waals surface area (Å²) in [7, 11) is 0. The minimum atomic E-state index is -0.0407. The molecule has 1 aliphatic carbocycles. The second-order valence-electron chi connectivity index (χ2n) is 6.55. The third-order valence-electron chi connectivity index (χ3n) is 5.14. The molecule has 120 valence electrons. The standard InChI is InChI=1S/C16H18N4O2S/c17-8-1-2-10-11(7-8)20(15(21)18-10)16-19-14-9-5-6-22-12(9)3-4-13(14)23-16/h3-4,8,10-11H,1-2,5-7,17H2,(H,18,21)/t8-,10-,11+/m0/s1. The molecule has 3 heterocycles. The van der Waals surface area contributed by atoms with Gasteiger partial charge in [0.15, 0.2) is 5.13 Å². The van der Waals surface area contributed by atoms with Crippen molar-refractivity contribution in [3.63, 3.8) is 0 Å². The highest BCUT2D eigenvalue weighted by Crippen LogP contribution is 2.40. The van der Waals surface area contributed by atoms with E-state index in [0.717, 1.165) is 46.8 Å². The maximum Gasteiger partial charge on any atom is 0.324 e. The average molecular weight is 330 g/mol. The van der Waals surface area contributed by atoms with Crippen LogP contribution in [0.2, 0.25) is 0 Å². The molecule has 1 aromatic carbocycles. The van der Waals surface area contributed by atoms with E-state index in [1.165, 1.54) is 5.56 Å². The van der Waals surface area contributed by atoms with E-state index in [-0.39, 0.29) is 24.2 Å². The number of aromatic nitrogens is 1. The number of nitrogens with two attached hydrogens (primary N) is 1. The summed E-state index contributed by atoms with van der Waals surface area (Å²) in [5.41, 5.74) is 8.28. The monoisotopic (exact) mass is 330 g/mol. The Morgan fingerprint density at radius 2 is 2.30 bits per heavy atom. The third kappa shape index (κ3) is 1.96. The van der Waals surface area contributed by atoms with Crippen LogP contribution >= 0.6 is 11.3 Å². The van der Waals surface area contributed by atoms with Crippen molar-refractivity contribution in [3.8, 4) is 5.75 Å². The molecule has 23 heavy (non-hydrogen) atoms. The molecule has 2 fully saturated rings. The van der Waals surface area contributed by atoms with E-state index in [1.807, 2.05) is 17.0 Å². The summed E-state index contributed by atoms with van der Waals surface area (Å²) in [4.78, 5) is 19.1. The molecule has 1 saturated heterocycles. The van der Waals surface area contributed by atoms with Gasteiger partial charge in [0, 0.05) is 18.0 Å². The molecular weight excluding hydrogens is 312 g/mol. The maximum absolute atomic E-state index is 12.5. The SMILES string of the molecule is N[C@H]1CC[C@@H]2NC(=O)N(c3nc4c5c(ccc4s3)OCC5)[C@@H]2C1. The second-order valence-corrected chi connectivity index (χ2v) is 7.56. The van der Waals surface area contributed by atoms with E-state index in [2.05, 4.69) is 5.32 Å². The zero-order valence-electron chi connectivity index (χ0n) is 12.6. The fraction of sp³-hybridized carbons (Fsp3) is 0.500. The Bertz CT molecular complexity index is 805. The molecule has 3 N–H and O–H groups in total. The van der Waals surface area contributed by atoms with Gasteiger partial charge < -0.3 is 15.8 Å². The van der Waals surface area contributed by atoms with E-state index in [0.29, 0.717) is 6.61 Å². The minimum absolute atomic E-state index is 0.0407. The lowest BCUT2D eigenvalue weighted by molar-refractivity contribution is 0.250. The quantitative estimate of drug-likeness (QED) is 0.838. The van der Waals surface area contributed by atoms with Crippen molar-refractivity contribution in [2.45, 2.75) is 43.8 Å². The molecule has 5 rings (SSSR count). The van der Waals surface area contributed by atoms with Crippen LogP contribution < -0.4 is 20.7 Å². The maximum atomic E-state index is 12.5. The fourth-order valence-corrected chi connectivity index (χ4v) is 5.05. The topological polar surface area (TPSA) is 80.5 Å². The first-order valence-corrected chi connectivity index (χ1v) is 8.93. The van der Waals surface area contributed by atoms with Gasteiger partial charge in [-0.1, -0.05) is 11.3 Å². The molecule has 2 aliphatic heterocycles. The van der Waals surface area contributed by atoms with Gasteiger partial charge in [-0.2, -0.15) is 0 Å². The molecule has 0 unspecified atom stereocenters. The van der Waals surface area contributed by atoms with Gasteiger partial charge in [0.25, 0.3) is 0 Å². The number of hydrogen-bond donors (Lipinski definition) is 2. The van der Waals surface area contributed by atoms with Crippen LogP contribution in [-0.4, -0.2) is 35.7 Å². The number of carbonyl (C=O) groups is 1. The molecule has 0 spiro atoms. The summed E-state index contributed by atoms with van der Waals surface area (Å²) in [5, 5.41) is 3.87. The number of fused-ring (bicyclic) bond motifs is 4. The number of anilines is 1. The van der Waals surface area contributed by atoms with Crippen LogP contribution in [0.1, 0.15) is 24.8 Å². The highest BCUT2D eigenvalue weighted by Gasteiger charge is 2.44. The summed E-state index contributed by atoms with van der Waals surface area (Å²) < 4.78 is 6.73. The highest BCUT2D eigenvalue weighted by atomic mass is 32.1. The van der Waals surface area contributed by atoms with Gasteiger partial charge in [0.1, 0.15) is 5.75 Å². The molecule has 3 aliphatic rings. The first kappa shape index (κ1) is 13.6. The smallest absolute Gasteiger partial charge is 0.324 e. The van der Waals surface area contributed by atoms with Crippen molar-refractivity contribution in [2.24, 2.45) is 5.73 Å². The van der Waals surface area contributed by atoms with Crippen LogP contribution in [0.5, 0.6) is 5.75 Å². The Morgan fingerprint density at radius 1 is 1.39 bits per heavy atom. The molecule has 6 nitrogen and oxygen atoms in total. The minimum Gasteiger partial charge on any atom is -0.493 e. The lowest BCUT2D eigenvalue weighted by Crippen LogP contribution is -2.45. The van der Waals surface area contributed by atoms with Crippen LogP contribution in [0.3, 0.4) is 0 Å². The van der Waals surface area contributed by atoms with Crippen LogP contribution in [0, 0.1) is 0 Å². The van der Waals surface area contributed by atoms with Crippen LogP contribution in [0.15, 0.2) is 12.1 Å². The third-order valence-corrected chi connectivity index (χ3v) is 6.16. The summed E-state index contributed by atoms with van der Waals surface area (Å²) in [6.45, 7) is 0.713. The van der Waals surface area contributed by atoms with Crippen molar-refractivity contribution in [3.05, 3.63) is 17.7 Å². The first-order chi connectivity index (χ1) is 11.2. The first-order valence-electron chi connectivity index (χ1n) is 8.11. The number of nitrogens with zero attached hydrogens (tertiary/aromatic N) is 2. The van der Waals surface area contributed by atoms with Gasteiger partial charge in [-0.15, -0.1) is 0 Å². The van der Waals surface area contributed by atoms with E-state index >= 15 is 0 Å². The number of rotatable bonds is 1. The number of ether oxygens (including phenoxy) is 1. The van der Waals surface area contributed by atoms with E-state index in [4.69, 9.17) is 15.5 Å². The van der Waals surface area contributed by atoms with Crippen molar-refractivity contribution >= 4 is 32.7 Å². The van der Waals surface area contributed by atoms with E-state index < -0.39 is 0 Å². The van der Waals surface area contributed by atoms with Gasteiger partial charge in [0.2, 0.25) is 0 Å². The van der Waals surface area contributed by atoms with Gasteiger partial charge in [-0.05, 0) is 31.4 Å². The van der Waals surface area contributed by atoms with E-state index in [9.17, 15) is 4.79 Å². The van der Waals surface area contributed by atoms with Crippen LogP contribution in [0.4, 0.5) is 9.93 Å². The van der Waals surface area contributed by atoms with Gasteiger partial charge in [0.05, 0.1) is 28.9 Å². The summed E-state index contributed by atoms with van der Waals surface area (Å²) in [5.74, 6) is 0.929. The number of amides is 2. The zero-order valence-corrected chi connectivity index (χ0v) is 13.4. The van der Waals surface area contributed by atoms with Gasteiger partial charge in [-0.25, -0.2) is 9.78 Å². The number of urea groups is 1. The Morgan fingerprint density at radius 3 is 3.22 bits per heavy atom.